The molecule has 2 saturated heterocycles. The van der Waals surface area contributed by atoms with Crippen LogP contribution >= 0.6 is 0 Å². The summed E-state index contributed by atoms with van der Waals surface area (Å²) >= 11 is 0. The average Bonchev–Trinajstić information content (AvgIpc) is 2.75. The second-order valence-electron chi connectivity index (χ2n) is 5.05. The molecule has 3 N–H and O–H groups in total. The van der Waals surface area contributed by atoms with Gasteiger partial charge in [-0.15, -0.1) is 0 Å². The van der Waals surface area contributed by atoms with Crippen LogP contribution in [0.25, 0.3) is 0 Å². The number of rotatable bonds is 4. The maximum Gasteiger partial charge on any atom is 0.218 e. The van der Waals surface area contributed by atoms with E-state index in [1.54, 1.807) is 0 Å². The number of hydrogen-bond acceptors (Lipinski definition) is 3. The van der Waals surface area contributed by atoms with Crippen LogP contribution in [-0.2, 0) is 4.79 Å². The van der Waals surface area contributed by atoms with Crippen molar-refractivity contribution in [1.29, 1.82) is 0 Å². The topological polar surface area (TPSA) is 58.4 Å². The van der Waals surface area contributed by atoms with Gasteiger partial charge in [0.25, 0.3) is 0 Å². The summed E-state index contributed by atoms with van der Waals surface area (Å²) in [4.78, 5) is 13.3. The molecule has 4 nitrogen and oxygen atoms in total. The smallest absolute Gasteiger partial charge is 0.218 e. The van der Waals surface area contributed by atoms with E-state index < -0.39 is 0 Å². The Morgan fingerprint density at radius 3 is 2.75 bits per heavy atom. The van der Waals surface area contributed by atoms with Crippen molar-refractivity contribution in [2.45, 2.75) is 38.1 Å². The van der Waals surface area contributed by atoms with Crippen LogP contribution in [0.5, 0.6) is 0 Å². The van der Waals surface area contributed by atoms with Gasteiger partial charge in [-0.05, 0) is 51.2 Å². The molecule has 1 unspecified atom stereocenters. The van der Waals surface area contributed by atoms with Crippen molar-refractivity contribution < 1.29 is 4.79 Å². The predicted molar refractivity (Wildman–Crippen MR) is 64.0 cm³/mol. The van der Waals surface area contributed by atoms with E-state index in [2.05, 4.69) is 10.2 Å². The van der Waals surface area contributed by atoms with Gasteiger partial charge in [-0.3, -0.25) is 9.69 Å². The van der Waals surface area contributed by atoms with Crippen molar-refractivity contribution in [3.05, 3.63) is 0 Å². The minimum atomic E-state index is -0.170. The lowest BCUT2D eigenvalue weighted by atomic mass is 9.88. The largest absolute Gasteiger partial charge is 0.370 e. The zero-order chi connectivity index (χ0) is 11.4. The molecule has 16 heavy (non-hydrogen) atoms. The zero-order valence-electron chi connectivity index (χ0n) is 9.95. The third-order valence-electron chi connectivity index (χ3n) is 3.99. The van der Waals surface area contributed by atoms with Crippen molar-refractivity contribution >= 4 is 5.91 Å². The van der Waals surface area contributed by atoms with E-state index in [0.717, 1.165) is 32.1 Å². The van der Waals surface area contributed by atoms with Crippen LogP contribution in [0, 0.1) is 5.92 Å². The van der Waals surface area contributed by atoms with Crippen LogP contribution in [0.4, 0.5) is 0 Å². The van der Waals surface area contributed by atoms with E-state index in [1.807, 2.05) is 0 Å². The number of nitrogens with zero attached hydrogens (tertiary/aromatic N) is 1. The van der Waals surface area contributed by atoms with Gasteiger partial charge >= 0.3 is 0 Å². The van der Waals surface area contributed by atoms with Crippen molar-refractivity contribution in [1.82, 2.24) is 10.2 Å². The number of piperidine rings is 1. The Kier molecular flexibility index (Phi) is 4.18. The first-order chi connectivity index (χ1) is 7.77. The molecule has 2 aliphatic heterocycles. The monoisotopic (exact) mass is 225 g/mol. The summed E-state index contributed by atoms with van der Waals surface area (Å²) in [7, 11) is 0. The predicted octanol–water partition coefficient (Wildman–Crippen LogP) is 0.326. The highest BCUT2D eigenvalue weighted by Crippen LogP contribution is 2.29. The van der Waals surface area contributed by atoms with Gasteiger partial charge < -0.3 is 11.1 Å². The van der Waals surface area contributed by atoms with E-state index in [1.165, 1.54) is 25.7 Å². The minimum Gasteiger partial charge on any atom is -0.370 e. The van der Waals surface area contributed by atoms with E-state index in [0.29, 0.717) is 12.5 Å². The third-order valence-corrected chi connectivity index (χ3v) is 3.99. The van der Waals surface area contributed by atoms with E-state index in [4.69, 9.17) is 5.73 Å². The first-order valence-electron chi connectivity index (χ1n) is 6.50. The lowest BCUT2D eigenvalue weighted by Crippen LogP contribution is -2.42. The number of carbonyl (C=O) groups is 1. The maximum absolute atomic E-state index is 10.8. The summed E-state index contributed by atoms with van der Waals surface area (Å²) in [6.07, 6.45) is 5.69. The molecule has 2 fully saturated rings. The normalized spacial score (nSPS) is 28.4. The molecule has 0 spiro atoms. The van der Waals surface area contributed by atoms with Gasteiger partial charge in [0.15, 0.2) is 0 Å². The number of hydrogen-bond donors (Lipinski definition) is 2. The SMILES string of the molecule is NC(=O)CCN1CCCC1C1CCNCC1. The Bertz CT molecular complexity index is 238. The van der Waals surface area contributed by atoms with Crippen molar-refractivity contribution in [2.75, 3.05) is 26.2 Å². The number of nitrogens with two attached hydrogens (primary N) is 1. The van der Waals surface area contributed by atoms with Crippen LogP contribution in [-0.4, -0.2) is 43.0 Å². The first-order valence-corrected chi connectivity index (χ1v) is 6.50. The van der Waals surface area contributed by atoms with Gasteiger partial charge in [-0.1, -0.05) is 0 Å². The number of likely N-dealkylation sites (tertiary alicyclic amines) is 1. The maximum atomic E-state index is 10.8. The fraction of sp³-hybridized carbons (Fsp3) is 0.917. The van der Waals surface area contributed by atoms with Gasteiger partial charge in [0.2, 0.25) is 5.91 Å². The quantitative estimate of drug-likeness (QED) is 0.725. The highest BCUT2D eigenvalue weighted by atomic mass is 16.1. The van der Waals surface area contributed by atoms with Crippen molar-refractivity contribution in [2.24, 2.45) is 11.7 Å². The van der Waals surface area contributed by atoms with Crippen molar-refractivity contribution in [3.63, 3.8) is 0 Å². The summed E-state index contributed by atoms with van der Waals surface area (Å²) < 4.78 is 0. The second-order valence-corrected chi connectivity index (χ2v) is 5.05. The summed E-state index contributed by atoms with van der Waals surface area (Å²) in [5.74, 6) is 0.660. The van der Waals surface area contributed by atoms with Gasteiger partial charge in [0.1, 0.15) is 0 Å². The van der Waals surface area contributed by atoms with Crippen LogP contribution in [0.3, 0.4) is 0 Å². The fourth-order valence-corrected chi connectivity index (χ4v) is 3.15. The summed E-state index contributed by atoms with van der Waals surface area (Å²) in [5, 5.41) is 3.41. The van der Waals surface area contributed by atoms with Crippen LogP contribution < -0.4 is 11.1 Å². The number of primary amides is 1. The number of nitrogens with one attached hydrogen (secondary N) is 1. The molecule has 2 heterocycles. The molecule has 0 radical (unpaired) electrons. The molecule has 0 aromatic rings. The first kappa shape index (κ1) is 11.9. The lowest BCUT2D eigenvalue weighted by Gasteiger charge is -2.34. The Morgan fingerprint density at radius 1 is 1.31 bits per heavy atom. The third kappa shape index (κ3) is 2.95. The molecular formula is C12H23N3O. The van der Waals surface area contributed by atoms with Gasteiger partial charge in [0, 0.05) is 19.0 Å². The van der Waals surface area contributed by atoms with E-state index in [-0.39, 0.29) is 5.91 Å². The summed E-state index contributed by atoms with van der Waals surface area (Å²) in [6.45, 7) is 4.33. The van der Waals surface area contributed by atoms with E-state index in [9.17, 15) is 4.79 Å². The minimum absolute atomic E-state index is 0.170. The molecule has 0 aromatic carbocycles. The molecule has 0 saturated carbocycles. The highest BCUT2D eigenvalue weighted by molar-refractivity contribution is 5.73. The number of carbonyl (C=O) groups excluding carboxylic acids is 1. The van der Waals surface area contributed by atoms with Crippen LogP contribution in [0.15, 0.2) is 0 Å². The Morgan fingerprint density at radius 2 is 2.06 bits per heavy atom. The molecule has 0 aliphatic carbocycles. The standard InChI is InChI=1S/C12H23N3O/c13-12(16)5-9-15-8-1-2-11(15)10-3-6-14-7-4-10/h10-11,14H,1-9H2,(H2,13,16). The average molecular weight is 225 g/mol. The molecule has 2 rings (SSSR count). The van der Waals surface area contributed by atoms with Crippen LogP contribution in [0.2, 0.25) is 0 Å². The molecule has 0 aromatic heterocycles. The Labute approximate surface area is 97.6 Å². The summed E-state index contributed by atoms with van der Waals surface area (Å²) in [5.41, 5.74) is 5.22. The van der Waals surface area contributed by atoms with Crippen LogP contribution in [0.1, 0.15) is 32.1 Å². The fourth-order valence-electron chi connectivity index (χ4n) is 3.15. The van der Waals surface area contributed by atoms with E-state index >= 15 is 0 Å². The summed E-state index contributed by atoms with van der Waals surface area (Å²) in [6, 6.07) is 0.710. The molecule has 1 atom stereocenters. The van der Waals surface area contributed by atoms with Gasteiger partial charge in [0.05, 0.1) is 0 Å². The molecule has 4 heteroatoms. The lowest BCUT2D eigenvalue weighted by molar-refractivity contribution is -0.118. The molecule has 0 bridgehead atoms. The number of amides is 1. The van der Waals surface area contributed by atoms with Crippen molar-refractivity contribution in [3.8, 4) is 0 Å². The highest BCUT2D eigenvalue weighted by Gasteiger charge is 2.31. The molecular weight excluding hydrogens is 202 g/mol. The zero-order valence-corrected chi connectivity index (χ0v) is 9.95. The molecule has 2 aliphatic rings. The second kappa shape index (κ2) is 5.64. The molecule has 92 valence electrons. The van der Waals surface area contributed by atoms with Gasteiger partial charge in [-0.2, -0.15) is 0 Å². The Balaban J connectivity index is 1.84. The van der Waals surface area contributed by atoms with Gasteiger partial charge in [-0.25, -0.2) is 0 Å². The molecule has 1 amide bonds. The Hall–Kier alpha value is -0.610.